The Morgan fingerprint density at radius 2 is 1.35 bits per heavy atom. The maximum atomic E-state index is 10.7. The molecule has 0 saturated heterocycles. The van der Waals surface area contributed by atoms with Gasteiger partial charge in [-0.05, 0) is 33.7 Å². The highest BCUT2D eigenvalue weighted by atomic mass is 31.2. The number of hydrogen-bond acceptors (Lipinski definition) is 6. The lowest BCUT2D eigenvalue weighted by Gasteiger charge is -2.28. The molecule has 0 spiro atoms. The molecule has 0 aliphatic rings. The summed E-state index contributed by atoms with van der Waals surface area (Å²) in [5.41, 5.74) is 0. The molecule has 0 rings (SSSR count). The van der Waals surface area contributed by atoms with Crippen LogP contribution in [-0.2, 0) is 17.8 Å². The Morgan fingerprint density at radius 1 is 0.870 bits per heavy atom. The van der Waals surface area contributed by atoms with Crippen LogP contribution in [0.4, 0.5) is 0 Å². The van der Waals surface area contributed by atoms with E-state index in [0.29, 0.717) is 32.9 Å². The molecule has 0 fully saturated rings. The smallest absolute Gasteiger partial charge is 0.374 e. The molecular formula is C13H33N2O6PSi. The fourth-order valence-electron chi connectivity index (χ4n) is 2.08. The molecule has 0 unspecified atom stereocenters. The van der Waals surface area contributed by atoms with Crippen molar-refractivity contribution in [1.29, 1.82) is 0 Å². The first-order chi connectivity index (χ1) is 10.9. The molecule has 0 heterocycles. The van der Waals surface area contributed by atoms with Crippen molar-refractivity contribution in [2.24, 2.45) is 0 Å². The highest BCUT2D eigenvalue weighted by Crippen LogP contribution is 2.32. The lowest BCUT2D eigenvalue weighted by Crippen LogP contribution is -2.46. The summed E-state index contributed by atoms with van der Waals surface area (Å²) < 4.78 is 28.0. The van der Waals surface area contributed by atoms with E-state index < -0.39 is 16.4 Å². The highest BCUT2D eigenvalue weighted by Gasteiger charge is 2.39. The van der Waals surface area contributed by atoms with Crippen LogP contribution in [0.1, 0.15) is 27.2 Å². The summed E-state index contributed by atoms with van der Waals surface area (Å²) in [6.07, 6.45) is 0.771. The van der Waals surface area contributed by atoms with Crippen LogP contribution in [0.2, 0.25) is 6.04 Å². The lowest BCUT2D eigenvalue weighted by molar-refractivity contribution is 0.0708. The van der Waals surface area contributed by atoms with Gasteiger partial charge in [-0.25, -0.2) is 0 Å². The van der Waals surface area contributed by atoms with Crippen molar-refractivity contribution < 1.29 is 27.6 Å². The van der Waals surface area contributed by atoms with Crippen molar-refractivity contribution in [2.75, 3.05) is 52.2 Å². The summed E-state index contributed by atoms with van der Waals surface area (Å²) in [7, 11) is -6.43. The molecule has 0 saturated carbocycles. The van der Waals surface area contributed by atoms with Gasteiger partial charge in [-0.3, -0.25) is 4.57 Å². The van der Waals surface area contributed by atoms with Gasteiger partial charge in [-0.2, -0.15) is 0 Å². The summed E-state index contributed by atoms with van der Waals surface area (Å²) in [5, 5.41) is 6.27. The van der Waals surface area contributed by atoms with E-state index in [1.165, 1.54) is 0 Å². The van der Waals surface area contributed by atoms with Crippen LogP contribution in [0.25, 0.3) is 0 Å². The van der Waals surface area contributed by atoms with Gasteiger partial charge in [-0.1, -0.05) is 0 Å². The Morgan fingerprint density at radius 3 is 1.78 bits per heavy atom. The van der Waals surface area contributed by atoms with Crippen LogP contribution in [0.15, 0.2) is 0 Å². The topological polar surface area (TPSA) is 109 Å². The molecule has 10 heteroatoms. The van der Waals surface area contributed by atoms with Crippen molar-refractivity contribution >= 4 is 16.4 Å². The van der Waals surface area contributed by atoms with E-state index in [9.17, 15) is 4.57 Å². The highest BCUT2D eigenvalue weighted by molar-refractivity contribution is 7.51. The molecule has 0 aliphatic heterocycles. The maximum Gasteiger partial charge on any atom is 0.500 e. The van der Waals surface area contributed by atoms with Gasteiger partial charge >= 0.3 is 16.4 Å². The molecule has 23 heavy (non-hydrogen) atoms. The van der Waals surface area contributed by atoms with Gasteiger partial charge in [0.25, 0.3) is 0 Å². The first-order valence-corrected chi connectivity index (χ1v) is 12.0. The third kappa shape index (κ3) is 13.2. The van der Waals surface area contributed by atoms with E-state index in [1.807, 2.05) is 20.8 Å². The Bertz CT molecular complexity index is 315. The molecule has 0 aromatic carbocycles. The van der Waals surface area contributed by atoms with Crippen molar-refractivity contribution in [1.82, 2.24) is 10.6 Å². The number of hydrogen-bond donors (Lipinski definition) is 4. The van der Waals surface area contributed by atoms with Crippen LogP contribution >= 0.6 is 7.60 Å². The van der Waals surface area contributed by atoms with Crippen molar-refractivity contribution in [3.63, 3.8) is 0 Å². The van der Waals surface area contributed by atoms with E-state index in [1.54, 1.807) is 0 Å². The van der Waals surface area contributed by atoms with Crippen LogP contribution in [0, 0.1) is 0 Å². The van der Waals surface area contributed by atoms with Gasteiger partial charge in [0, 0.05) is 45.5 Å². The Hall–Kier alpha value is 0.167. The second-order valence-electron chi connectivity index (χ2n) is 4.97. The zero-order chi connectivity index (χ0) is 17.6. The summed E-state index contributed by atoms with van der Waals surface area (Å²) in [6, 6.07) is 0.779. The lowest BCUT2D eigenvalue weighted by atomic mass is 10.4. The van der Waals surface area contributed by atoms with Gasteiger partial charge in [0.05, 0.1) is 6.16 Å². The van der Waals surface area contributed by atoms with Crippen LogP contribution < -0.4 is 10.6 Å². The molecule has 0 aromatic heterocycles. The van der Waals surface area contributed by atoms with E-state index in [2.05, 4.69) is 10.6 Å². The molecule has 0 aliphatic carbocycles. The molecule has 0 aromatic rings. The predicted octanol–water partition coefficient (Wildman–Crippen LogP) is 0.782. The van der Waals surface area contributed by atoms with E-state index in [4.69, 9.17) is 23.1 Å². The van der Waals surface area contributed by atoms with Crippen LogP contribution in [-0.4, -0.2) is 70.8 Å². The largest absolute Gasteiger partial charge is 0.500 e. The molecule has 8 nitrogen and oxygen atoms in total. The van der Waals surface area contributed by atoms with E-state index in [-0.39, 0.29) is 6.16 Å². The molecule has 0 radical (unpaired) electrons. The van der Waals surface area contributed by atoms with Crippen molar-refractivity contribution in [2.45, 2.75) is 33.2 Å². The minimum atomic E-state index is -3.89. The summed E-state index contributed by atoms with van der Waals surface area (Å²) in [5.74, 6) is 0. The number of nitrogens with one attached hydrogen (secondary N) is 2. The third-order valence-corrected chi connectivity index (χ3v) is 6.95. The van der Waals surface area contributed by atoms with Gasteiger partial charge in [0.1, 0.15) is 0 Å². The second-order valence-corrected chi connectivity index (χ2v) is 9.48. The average Bonchev–Trinajstić information content (AvgIpc) is 2.45. The molecule has 140 valence electrons. The van der Waals surface area contributed by atoms with Gasteiger partial charge in [0.15, 0.2) is 0 Å². The minimum absolute atomic E-state index is 0.127. The summed E-state index contributed by atoms with van der Waals surface area (Å²) in [4.78, 5) is 17.4. The Kier molecular flexibility index (Phi) is 13.6. The number of rotatable bonds is 16. The molecule has 0 atom stereocenters. The van der Waals surface area contributed by atoms with E-state index in [0.717, 1.165) is 25.6 Å². The zero-order valence-corrected chi connectivity index (χ0v) is 16.4. The van der Waals surface area contributed by atoms with Crippen LogP contribution in [0.5, 0.6) is 0 Å². The average molecular weight is 372 g/mol. The molecule has 4 N–H and O–H groups in total. The predicted molar refractivity (Wildman–Crippen MR) is 92.7 cm³/mol. The first-order valence-electron chi connectivity index (χ1n) is 8.27. The van der Waals surface area contributed by atoms with Crippen LogP contribution in [0.3, 0.4) is 0 Å². The fraction of sp³-hybridized carbons (Fsp3) is 1.00. The Balaban J connectivity index is 3.79. The zero-order valence-electron chi connectivity index (χ0n) is 14.5. The summed E-state index contributed by atoms with van der Waals surface area (Å²) in [6.45, 7) is 10.2. The normalized spacial score (nSPS) is 12.7. The SMILES string of the molecule is CCO[Si](CCCNCCNCCP(=O)(O)O)(OCC)OCC. The van der Waals surface area contributed by atoms with Crippen molar-refractivity contribution in [3.8, 4) is 0 Å². The monoisotopic (exact) mass is 372 g/mol. The molecule has 0 amide bonds. The van der Waals surface area contributed by atoms with Crippen molar-refractivity contribution in [3.05, 3.63) is 0 Å². The second kappa shape index (κ2) is 13.5. The standard InChI is InChI=1S/C13H33N2O6PSi/c1-4-19-23(20-5-2,21-6-3)13-7-8-14-9-10-15-11-12-22(16,17)18/h14-15H,4-13H2,1-3H3,(H2,16,17,18). The van der Waals surface area contributed by atoms with Gasteiger partial charge in [0.2, 0.25) is 0 Å². The molecule has 0 bridgehead atoms. The van der Waals surface area contributed by atoms with E-state index >= 15 is 0 Å². The first kappa shape index (κ1) is 23.2. The third-order valence-electron chi connectivity index (χ3n) is 2.99. The maximum absolute atomic E-state index is 10.7. The molecular weight excluding hydrogens is 339 g/mol. The van der Waals surface area contributed by atoms with Gasteiger partial charge in [-0.15, -0.1) is 0 Å². The fourth-order valence-corrected chi connectivity index (χ4v) is 5.14. The van der Waals surface area contributed by atoms with Gasteiger partial charge < -0.3 is 33.7 Å². The minimum Gasteiger partial charge on any atom is -0.374 e. The quantitative estimate of drug-likeness (QED) is 0.179. The summed E-state index contributed by atoms with van der Waals surface area (Å²) >= 11 is 0. The Labute approximate surface area is 140 Å².